The number of pyridine rings is 1. The van der Waals surface area contributed by atoms with Crippen LogP contribution in [0.25, 0.3) is 0 Å². The SMILES string of the molecule is Cc1cc(N2CC[C@H](O)[C@](Cc3ccccc3)(C(=O)O)C2)nc(C)c1C#N. The molecule has 1 aromatic carbocycles. The number of aliphatic hydroxyl groups excluding tert-OH is 1. The molecule has 27 heavy (non-hydrogen) atoms. The van der Waals surface area contributed by atoms with Crippen molar-refractivity contribution in [2.75, 3.05) is 18.0 Å². The number of nitrogens with zero attached hydrogens (tertiary/aromatic N) is 3. The second-order valence-corrected chi connectivity index (χ2v) is 7.22. The minimum atomic E-state index is -1.31. The van der Waals surface area contributed by atoms with E-state index in [-0.39, 0.29) is 13.0 Å². The molecule has 0 radical (unpaired) electrons. The Morgan fingerprint density at radius 1 is 1.37 bits per heavy atom. The molecule has 2 N–H and O–H groups in total. The number of carboxylic acids is 1. The Bertz CT molecular complexity index is 868. The highest BCUT2D eigenvalue weighted by atomic mass is 16.4. The lowest BCUT2D eigenvalue weighted by Gasteiger charge is -2.44. The Morgan fingerprint density at radius 2 is 2.07 bits per heavy atom. The van der Waals surface area contributed by atoms with Gasteiger partial charge in [0.25, 0.3) is 0 Å². The van der Waals surface area contributed by atoms with Crippen molar-refractivity contribution in [1.82, 2.24) is 4.98 Å². The van der Waals surface area contributed by atoms with Gasteiger partial charge in [-0.05, 0) is 43.9 Å². The van der Waals surface area contributed by atoms with Gasteiger partial charge in [-0.3, -0.25) is 4.79 Å². The average Bonchev–Trinajstić information content (AvgIpc) is 2.64. The fourth-order valence-corrected chi connectivity index (χ4v) is 3.84. The van der Waals surface area contributed by atoms with E-state index in [1.807, 2.05) is 48.2 Å². The van der Waals surface area contributed by atoms with E-state index in [4.69, 9.17) is 0 Å². The number of benzene rings is 1. The summed E-state index contributed by atoms with van der Waals surface area (Å²) in [6.07, 6.45) is -0.347. The Hall–Kier alpha value is -2.91. The first-order valence-corrected chi connectivity index (χ1v) is 8.96. The van der Waals surface area contributed by atoms with E-state index in [0.29, 0.717) is 30.0 Å². The molecule has 0 bridgehead atoms. The van der Waals surface area contributed by atoms with E-state index in [9.17, 15) is 20.3 Å². The molecule has 2 heterocycles. The summed E-state index contributed by atoms with van der Waals surface area (Å²) >= 11 is 0. The van der Waals surface area contributed by atoms with Crippen molar-refractivity contribution in [3.63, 3.8) is 0 Å². The van der Waals surface area contributed by atoms with Crippen LogP contribution < -0.4 is 4.90 Å². The molecule has 6 heteroatoms. The molecule has 0 amide bonds. The van der Waals surface area contributed by atoms with Crippen LogP contribution >= 0.6 is 0 Å². The van der Waals surface area contributed by atoms with Gasteiger partial charge in [-0.2, -0.15) is 5.26 Å². The Labute approximate surface area is 158 Å². The zero-order valence-electron chi connectivity index (χ0n) is 15.5. The Kier molecular flexibility index (Phi) is 5.15. The smallest absolute Gasteiger partial charge is 0.314 e. The number of aliphatic carboxylic acids is 1. The molecule has 3 rings (SSSR count). The second kappa shape index (κ2) is 7.37. The van der Waals surface area contributed by atoms with Gasteiger partial charge in [0.05, 0.1) is 17.4 Å². The summed E-state index contributed by atoms with van der Waals surface area (Å²) in [4.78, 5) is 18.7. The molecule has 0 unspecified atom stereocenters. The van der Waals surface area contributed by atoms with E-state index in [1.54, 1.807) is 6.92 Å². The van der Waals surface area contributed by atoms with Gasteiger partial charge in [-0.25, -0.2) is 4.98 Å². The standard InChI is InChI=1S/C21H23N3O3/c1-14-10-19(23-15(2)17(14)12-22)24-9-8-18(25)21(13-24,20(26)27)11-16-6-4-3-5-7-16/h3-7,10,18,25H,8-9,11,13H2,1-2H3,(H,26,27)/t18-,21+/m0/s1. The quantitative estimate of drug-likeness (QED) is 0.864. The van der Waals surface area contributed by atoms with Gasteiger partial charge in [0, 0.05) is 13.1 Å². The van der Waals surface area contributed by atoms with Gasteiger partial charge in [-0.1, -0.05) is 30.3 Å². The number of hydrogen-bond acceptors (Lipinski definition) is 5. The van der Waals surface area contributed by atoms with Crippen molar-refractivity contribution in [3.05, 3.63) is 58.8 Å². The molecule has 2 aromatic rings. The van der Waals surface area contributed by atoms with Crippen LogP contribution in [0.1, 0.15) is 28.8 Å². The molecule has 140 valence electrons. The maximum atomic E-state index is 12.3. The summed E-state index contributed by atoms with van der Waals surface area (Å²) in [6, 6.07) is 13.3. The normalized spacial score (nSPS) is 22.3. The summed E-state index contributed by atoms with van der Waals surface area (Å²) in [5, 5.41) is 29.9. The first-order chi connectivity index (χ1) is 12.9. The molecule has 1 aliphatic heterocycles. The summed E-state index contributed by atoms with van der Waals surface area (Å²) in [7, 11) is 0. The third-order valence-corrected chi connectivity index (χ3v) is 5.39. The van der Waals surface area contributed by atoms with Crippen molar-refractivity contribution >= 4 is 11.8 Å². The van der Waals surface area contributed by atoms with Crippen LogP contribution in [0.3, 0.4) is 0 Å². The number of aliphatic hydroxyl groups is 1. The van der Waals surface area contributed by atoms with Crippen molar-refractivity contribution < 1.29 is 15.0 Å². The molecule has 2 atom stereocenters. The number of anilines is 1. The predicted octanol–water partition coefficient (Wildman–Crippen LogP) is 2.45. The molecular formula is C21H23N3O3. The molecule has 6 nitrogen and oxygen atoms in total. The number of aryl methyl sites for hydroxylation is 2. The van der Waals surface area contributed by atoms with Crippen LogP contribution in [-0.2, 0) is 11.2 Å². The van der Waals surface area contributed by atoms with Crippen molar-refractivity contribution in [3.8, 4) is 6.07 Å². The van der Waals surface area contributed by atoms with Gasteiger partial charge < -0.3 is 15.1 Å². The number of rotatable bonds is 4. The third-order valence-electron chi connectivity index (χ3n) is 5.39. The number of piperidine rings is 1. The van der Waals surface area contributed by atoms with Crippen LogP contribution in [0.4, 0.5) is 5.82 Å². The van der Waals surface area contributed by atoms with Gasteiger partial charge in [0.2, 0.25) is 0 Å². The number of hydrogen-bond donors (Lipinski definition) is 2. The number of carboxylic acid groups (broad SMARTS) is 1. The van der Waals surface area contributed by atoms with Crippen molar-refractivity contribution in [2.45, 2.75) is 32.8 Å². The van der Waals surface area contributed by atoms with Gasteiger partial charge >= 0.3 is 5.97 Å². The summed E-state index contributed by atoms with van der Waals surface area (Å²) in [5.74, 6) is -0.361. The minimum Gasteiger partial charge on any atom is -0.481 e. The summed E-state index contributed by atoms with van der Waals surface area (Å²) < 4.78 is 0. The van der Waals surface area contributed by atoms with Crippen LogP contribution in [0, 0.1) is 30.6 Å². The molecule has 1 aromatic heterocycles. The Balaban J connectivity index is 1.97. The lowest BCUT2D eigenvalue weighted by atomic mass is 9.73. The second-order valence-electron chi connectivity index (χ2n) is 7.22. The lowest BCUT2D eigenvalue weighted by Crippen LogP contribution is -2.57. The minimum absolute atomic E-state index is 0.163. The van der Waals surface area contributed by atoms with E-state index in [0.717, 1.165) is 11.1 Å². The van der Waals surface area contributed by atoms with E-state index >= 15 is 0 Å². The fourth-order valence-electron chi connectivity index (χ4n) is 3.84. The van der Waals surface area contributed by atoms with E-state index in [2.05, 4.69) is 11.1 Å². The van der Waals surface area contributed by atoms with E-state index in [1.165, 1.54) is 0 Å². The topological polar surface area (TPSA) is 97.4 Å². The van der Waals surface area contributed by atoms with Crippen molar-refractivity contribution in [2.24, 2.45) is 5.41 Å². The molecule has 0 saturated carbocycles. The number of nitriles is 1. The monoisotopic (exact) mass is 365 g/mol. The first kappa shape index (κ1) is 18.9. The number of aromatic nitrogens is 1. The fraction of sp³-hybridized carbons (Fsp3) is 0.381. The maximum Gasteiger partial charge on any atom is 0.314 e. The highest BCUT2D eigenvalue weighted by Gasteiger charge is 2.49. The highest BCUT2D eigenvalue weighted by Crippen LogP contribution is 2.36. The van der Waals surface area contributed by atoms with Crippen LogP contribution in [-0.4, -0.2) is 40.4 Å². The molecular weight excluding hydrogens is 342 g/mol. The zero-order chi connectivity index (χ0) is 19.6. The third kappa shape index (κ3) is 3.51. The highest BCUT2D eigenvalue weighted by molar-refractivity contribution is 5.77. The van der Waals surface area contributed by atoms with Crippen LogP contribution in [0.2, 0.25) is 0 Å². The maximum absolute atomic E-state index is 12.3. The molecule has 1 fully saturated rings. The first-order valence-electron chi connectivity index (χ1n) is 8.96. The largest absolute Gasteiger partial charge is 0.481 e. The van der Waals surface area contributed by atoms with Gasteiger partial charge in [0.1, 0.15) is 17.3 Å². The molecule has 0 spiro atoms. The molecule has 1 aliphatic rings. The molecule has 1 saturated heterocycles. The average molecular weight is 365 g/mol. The molecule has 0 aliphatic carbocycles. The van der Waals surface area contributed by atoms with Crippen molar-refractivity contribution in [1.29, 1.82) is 5.26 Å². The summed E-state index contributed by atoms with van der Waals surface area (Å²) in [5.41, 5.74) is 1.56. The predicted molar refractivity (Wildman–Crippen MR) is 101 cm³/mol. The Morgan fingerprint density at radius 3 is 2.67 bits per heavy atom. The van der Waals surface area contributed by atoms with E-state index < -0.39 is 17.5 Å². The van der Waals surface area contributed by atoms with Crippen LogP contribution in [0.15, 0.2) is 36.4 Å². The number of carbonyl (C=O) groups is 1. The summed E-state index contributed by atoms with van der Waals surface area (Å²) in [6.45, 7) is 4.31. The zero-order valence-corrected chi connectivity index (χ0v) is 15.5. The van der Waals surface area contributed by atoms with Crippen LogP contribution in [0.5, 0.6) is 0 Å². The van der Waals surface area contributed by atoms with Gasteiger partial charge in [-0.15, -0.1) is 0 Å². The van der Waals surface area contributed by atoms with Gasteiger partial charge in [0.15, 0.2) is 0 Å². The lowest BCUT2D eigenvalue weighted by molar-refractivity contribution is -0.157.